The molecule has 0 aromatic heterocycles. The maximum Gasteiger partial charge on any atom is 0.0409 e. The molecular formula is C15H25ClN2. The summed E-state index contributed by atoms with van der Waals surface area (Å²) in [6.07, 6.45) is 0. The molecule has 0 saturated heterocycles. The normalized spacial score (nSPS) is 13.9. The molecule has 0 heterocycles. The molecule has 1 unspecified atom stereocenters. The first-order chi connectivity index (χ1) is 8.35. The van der Waals surface area contributed by atoms with E-state index in [2.05, 4.69) is 44.1 Å². The maximum absolute atomic E-state index is 6.01. The van der Waals surface area contributed by atoms with E-state index < -0.39 is 0 Å². The van der Waals surface area contributed by atoms with Crippen LogP contribution in [0.2, 0.25) is 5.02 Å². The van der Waals surface area contributed by atoms with Crippen LogP contribution in [-0.4, -0.2) is 31.6 Å². The Bertz CT molecular complexity index is 377. The molecule has 1 rings (SSSR count). The quantitative estimate of drug-likeness (QED) is 0.851. The third-order valence-electron chi connectivity index (χ3n) is 3.62. The number of hydrogen-bond acceptors (Lipinski definition) is 2. The molecule has 0 fully saturated rings. The van der Waals surface area contributed by atoms with Gasteiger partial charge in [0.2, 0.25) is 0 Å². The first-order valence-electron chi connectivity index (χ1n) is 6.45. The van der Waals surface area contributed by atoms with Gasteiger partial charge in [0.15, 0.2) is 0 Å². The molecule has 1 atom stereocenters. The topological polar surface area (TPSA) is 15.3 Å². The highest BCUT2D eigenvalue weighted by atomic mass is 35.5. The van der Waals surface area contributed by atoms with Crippen LogP contribution in [0.15, 0.2) is 24.3 Å². The van der Waals surface area contributed by atoms with E-state index in [9.17, 15) is 0 Å². The van der Waals surface area contributed by atoms with Gasteiger partial charge in [0.05, 0.1) is 0 Å². The molecule has 1 aromatic carbocycles. The highest BCUT2D eigenvalue weighted by Gasteiger charge is 2.26. The third-order valence-corrected chi connectivity index (χ3v) is 3.86. The first kappa shape index (κ1) is 15.5. The minimum absolute atomic E-state index is 0.238. The zero-order chi connectivity index (χ0) is 13.8. The van der Waals surface area contributed by atoms with Gasteiger partial charge in [0, 0.05) is 24.2 Å². The zero-order valence-electron chi connectivity index (χ0n) is 12.1. The van der Waals surface area contributed by atoms with Crippen molar-refractivity contribution in [3.05, 3.63) is 34.9 Å². The fourth-order valence-corrected chi connectivity index (χ4v) is 2.44. The SMILES string of the molecule is CNC(C)C(C)(C)CN(C)Cc1cccc(Cl)c1. The summed E-state index contributed by atoms with van der Waals surface area (Å²) in [5.74, 6) is 0. The molecule has 0 amide bonds. The van der Waals surface area contributed by atoms with Crippen molar-refractivity contribution in [2.45, 2.75) is 33.4 Å². The summed E-state index contributed by atoms with van der Waals surface area (Å²) in [5, 5.41) is 4.14. The van der Waals surface area contributed by atoms with Gasteiger partial charge in [-0.3, -0.25) is 0 Å². The lowest BCUT2D eigenvalue weighted by molar-refractivity contribution is 0.164. The van der Waals surface area contributed by atoms with E-state index in [0.29, 0.717) is 6.04 Å². The fraction of sp³-hybridized carbons (Fsp3) is 0.600. The second-order valence-corrected chi connectivity index (χ2v) is 6.24. The predicted molar refractivity (Wildman–Crippen MR) is 80.1 cm³/mol. The smallest absolute Gasteiger partial charge is 0.0409 e. The standard InChI is InChI=1S/C15H25ClN2/c1-12(17-4)15(2,3)11-18(5)10-13-7-6-8-14(16)9-13/h6-9,12,17H,10-11H2,1-5H3. The van der Waals surface area contributed by atoms with Crippen molar-refractivity contribution in [1.82, 2.24) is 10.2 Å². The van der Waals surface area contributed by atoms with Gasteiger partial charge in [0.1, 0.15) is 0 Å². The van der Waals surface area contributed by atoms with Gasteiger partial charge < -0.3 is 10.2 Å². The van der Waals surface area contributed by atoms with Crippen LogP contribution >= 0.6 is 11.6 Å². The molecule has 0 bridgehead atoms. The molecule has 0 saturated carbocycles. The second-order valence-electron chi connectivity index (χ2n) is 5.80. The van der Waals surface area contributed by atoms with E-state index in [1.807, 2.05) is 25.2 Å². The molecule has 0 aliphatic heterocycles. The molecule has 3 heteroatoms. The van der Waals surface area contributed by atoms with Crippen LogP contribution in [-0.2, 0) is 6.54 Å². The van der Waals surface area contributed by atoms with Gasteiger partial charge in [-0.2, -0.15) is 0 Å². The lowest BCUT2D eigenvalue weighted by Crippen LogP contribution is -2.44. The van der Waals surface area contributed by atoms with Gasteiger partial charge in [-0.15, -0.1) is 0 Å². The Hall–Kier alpha value is -0.570. The zero-order valence-corrected chi connectivity index (χ0v) is 12.9. The van der Waals surface area contributed by atoms with Crippen molar-refractivity contribution in [2.75, 3.05) is 20.6 Å². The largest absolute Gasteiger partial charge is 0.317 e. The molecule has 102 valence electrons. The molecular weight excluding hydrogens is 244 g/mol. The fourth-order valence-electron chi connectivity index (χ4n) is 2.23. The van der Waals surface area contributed by atoms with E-state index in [1.165, 1.54) is 5.56 Å². The summed E-state index contributed by atoms with van der Waals surface area (Å²) in [7, 11) is 4.18. The van der Waals surface area contributed by atoms with Crippen molar-refractivity contribution >= 4 is 11.6 Å². The second kappa shape index (κ2) is 6.55. The van der Waals surface area contributed by atoms with Crippen molar-refractivity contribution in [2.24, 2.45) is 5.41 Å². The van der Waals surface area contributed by atoms with Crippen molar-refractivity contribution in [3.63, 3.8) is 0 Å². The highest BCUT2D eigenvalue weighted by Crippen LogP contribution is 2.22. The number of nitrogens with one attached hydrogen (secondary N) is 1. The average molecular weight is 269 g/mol. The van der Waals surface area contributed by atoms with Crippen LogP contribution in [0.4, 0.5) is 0 Å². The van der Waals surface area contributed by atoms with Gasteiger partial charge >= 0.3 is 0 Å². The van der Waals surface area contributed by atoms with Crippen LogP contribution < -0.4 is 5.32 Å². The van der Waals surface area contributed by atoms with E-state index in [0.717, 1.165) is 18.1 Å². The Balaban J connectivity index is 2.59. The molecule has 2 nitrogen and oxygen atoms in total. The van der Waals surface area contributed by atoms with Crippen LogP contribution in [0.25, 0.3) is 0 Å². The third kappa shape index (κ3) is 4.60. The van der Waals surface area contributed by atoms with Crippen molar-refractivity contribution in [1.29, 1.82) is 0 Å². The summed E-state index contributed by atoms with van der Waals surface area (Å²) in [5.41, 5.74) is 1.50. The Morgan fingerprint density at radius 2 is 2.06 bits per heavy atom. The minimum Gasteiger partial charge on any atom is -0.317 e. The molecule has 18 heavy (non-hydrogen) atoms. The molecule has 0 aliphatic rings. The number of hydrogen-bond donors (Lipinski definition) is 1. The van der Waals surface area contributed by atoms with Gasteiger partial charge in [-0.1, -0.05) is 37.6 Å². The van der Waals surface area contributed by atoms with Gasteiger partial charge in [-0.05, 0) is 44.1 Å². The Morgan fingerprint density at radius 1 is 1.39 bits per heavy atom. The van der Waals surface area contributed by atoms with Crippen LogP contribution in [0, 0.1) is 5.41 Å². The van der Waals surface area contributed by atoms with E-state index in [-0.39, 0.29) is 5.41 Å². The summed E-state index contributed by atoms with van der Waals surface area (Å²) >= 11 is 6.01. The van der Waals surface area contributed by atoms with Crippen molar-refractivity contribution < 1.29 is 0 Å². The first-order valence-corrected chi connectivity index (χ1v) is 6.83. The summed E-state index contributed by atoms with van der Waals surface area (Å²) in [4.78, 5) is 2.35. The van der Waals surface area contributed by atoms with Crippen LogP contribution in [0.3, 0.4) is 0 Å². The van der Waals surface area contributed by atoms with Crippen LogP contribution in [0.5, 0.6) is 0 Å². The van der Waals surface area contributed by atoms with Gasteiger partial charge in [0.25, 0.3) is 0 Å². The summed E-state index contributed by atoms with van der Waals surface area (Å²) < 4.78 is 0. The number of benzene rings is 1. The monoisotopic (exact) mass is 268 g/mol. The Morgan fingerprint density at radius 3 is 2.61 bits per heavy atom. The number of nitrogens with zero attached hydrogens (tertiary/aromatic N) is 1. The molecule has 0 aliphatic carbocycles. The summed E-state index contributed by atoms with van der Waals surface area (Å²) in [6.45, 7) is 8.79. The highest BCUT2D eigenvalue weighted by molar-refractivity contribution is 6.30. The number of rotatable bonds is 6. The molecule has 0 radical (unpaired) electrons. The van der Waals surface area contributed by atoms with Crippen LogP contribution in [0.1, 0.15) is 26.3 Å². The van der Waals surface area contributed by atoms with E-state index in [4.69, 9.17) is 11.6 Å². The van der Waals surface area contributed by atoms with Gasteiger partial charge in [-0.25, -0.2) is 0 Å². The molecule has 1 N–H and O–H groups in total. The minimum atomic E-state index is 0.238. The lowest BCUT2D eigenvalue weighted by Gasteiger charge is -2.35. The van der Waals surface area contributed by atoms with Crippen molar-refractivity contribution in [3.8, 4) is 0 Å². The summed E-state index contributed by atoms with van der Waals surface area (Å²) in [6, 6.07) is 8.56. The van der Waals surface area contributed by atoms with E-state index >= 15 is 0 Å². The number of halogens is 1. The molecule has 1 aromatic rings. The lowest BCUT2D eigenvalue weighted by atomic mass is 9.85. The maximum atomic E-state index is 6.01. The Labute approximate surface area is 116 Å². The average Bonchev–Trinajstić information content (AvgIpc) is 2.26. The predicted octanol–water partition coefficient (Wildman–Crippen LogP) is 3.41. The van der Waals surface area contributed by atoms with E-state index in [1.54, 1.807) is 0 Å². The Kier molecular flexibility index (Phi) is 5.64. The molecule has 0 spiro atoms.